The molecule has 0 radical (unpaired) electrons. The fourth-order valence-corrected chi connectivity index (χ4v) is 2.46. The van der Waals surface area contributed by atoms with Crippen LogP contribution in [0.5, 0.6) is 0 Å². The van der Waals surface area contributed by atoms with Crippen molar-refractivity contribution in [2.45, 2.75) is 19.8 Å². The Balaban J connectivity index is 2.65. The van der Waals surface area contributed by atoms with Crippen molar-refractivity contribution in [2.75, 3.05) is 12.0 Å². The van der Waals surface area contributed by atoms with Gasteiger partial charge < -0.3 is 0 Å². The molecule has 1 aromatic carbocycles. The molecule has 0 spiro atoms. The molecule has 0 saturated heterocycles. The third kappa shape index (κ3) is 4.88. The van der Waals surface area contributed by atoms with Gasteiger partial charge in [0, 0.05) is 23.3 Å². The van der Waals surface area contributed by atoms with Crippen LogP contribution in [-0.2, 0) is 9.84 Å². The predicted molar refractivity (Wildman–Crippen MR) is 69.5 cm³/mol. The standard InChI is InChI=1S/C12H15ClO3S/c1-9-8-10(13)5-6-11(9)12(14)4-3-7-17(2,15)16/h5-6,8H,3-4,7H2,1-2H3. The first-order chi connectivity index (χ1) is 7.79. The van der Waals surface area contributed by atoms with Gasteiger partial charge in [0.15, 0.2) is 5.78 Å². The van der Waals surface area contributed by atoms with Gasteiger partial charge in [0.05, 0.1) is 5.75 Å². The number of benzene rings is 1. The summed E-state index contributed by atoms with van der Waals surface area (Å²) in [5, 5.41) is 0.593. The lowest BCUT2D eigenvalue weighted by Gasteiger charge is -2.05. The Morgan fingerprint density at radius 3 is 2.53 bits per heavy atom. The minimum absolute atomic E-state index is 0.0391. The predicted octanol–water partition coefficient (Wildman–Crippen LogP) is 2.66. The number of hydrogen-bond donors (Lipinski definition) is 0. The van der Waals surface area contributed by atoms with E-state index >= 15 is 0 Å². The van der Waals surface area contributed by atoms with Gasteiger partial charge in [0.2, 0.25) is 0 Å². The van der Waals surface area contributed by atoms with E-state index < -0.39 is 9.84 Å². The maximum atomic E-state index is 11.8. The highest BCUT2D eigenvalue weighted by atomic mass is 35.5. The Labute approximate surface area is 107 Å². The molecule has 0 atom stereocenters. The van der Waals surface area contributed by atoms with E-state index in [0.717, 1.165) is 5.56 Å². The number of hydrogen-bond acceptors (Lipinski definition) is 3. The molecular formula is C12H15ClO3S. The van der Waals surface area contributed by atoms with Crippen LogP contribution in [0.25, 0.3) is 0 Å². The lowest BCUT2D eigenvalue weighted by Crippen LogP contribution is -2.07. The van der Waals surface area contributed by atoms with Crippen molar-refractivity contribution in [1.82, 2.24) is 0 Å². The van der Waals surface area contributed by atoms with Crippen LogP contribution in [0.3, 0.4) is 0 Å². The van der Waals surface area contributed by atoms with Crippen LogP contribution >= 0.6 is 11.6 Å². The number of Topliss-reactive ketones (excluding diaryl/α,β-unsaturated/α-hetero) is 1. The van der Waals surface area contributed by atoms with Crippen molar-refractivity contribution in [3.05, 3.63) is 34.3 Å². The average Bonchev–Trinajstić information content (AvgIpc) is 2.15. The average molecular weight is 275 g/mol. The number of carbonyl (C=O) groups is 1. The number of aryl methyl sites for hydroxylation is 1. The Morgan fingerprint density at radius 1 is 1.35 bits per heavy atom. The van der Waals surface area contributed by atoms with Crippen molar-refractivity contribution in [3.8, 4) is 0 Å². The highest BCUT2D eigenvalue weighted by Crippen LogP contribution is 2.17. The van der Waals surface area contributed by atoms with Crippen LogP contribution in [0.4, 0.5) is 0 Å². The normalized spacial score (nSPS) is 11.5. The number of halogens is 1. The van der Waals surface area contributed by atoms with Crippen LogP contribution in [0.1, 0.15) is 28.8 Å². The van der Waals surface area contributed by atoms with Gasteiger partial charge in [-0.15, -0.1) is 0 Å². The summed E-state index contributed by atoms with van der Waals surface area (Å²) in [4.78, 5) is 11.8. The van der Waals surface area contributed by atoms with Gasteiger partial charge in [0.1, 0.15) is 9.84 Å². The molecule has 3 nitrogen and oxygen atoms in total. The zero-order chi connectivity index (χ0) is 13.1. The van der Waals surface area contributed by atoms with Crippen molar-refractivity contribution in [3.63, 3.8) is 0 Å². The molecule has 0 aromatic heterocycles. The highest BCUT2D eigenvalue weighted by Gasteiger charge is 2.10. The Bertz CT molecular complexity index is 521. The second-order valence-electron chi connectivity index (χ2n) is 4.12. The van der Waals surface area contributed by atoms with Crippen molar-refractivity contribution < 1.29 is 13.2 Å². The largest absolute Gasteiger partial charge is 0.294 e. The summed E-state index contributed by atoms with van der Waals surface area (Å²) in [6.07, 6.45) is 1.78. The molecule has 0 heterocycles. The lowest BCUT2D eigenvalue weighted by molar-refractivity contribution is 0.0981. The molecule has 0 amide bonds. The van der Waals surface area contributed by atoms with Crippen LogP contribution in [0, 0.1) is 6.92 Å². The summed E-state index contributed by atoms with van der Waals surface area (Å²) < 4.78 is 21.9. The smallest absolute Gasteiger partial charge is 0.163 e. The van der Waals surface area contributed by atoms with E-state index in [0.29, 0.717) is 17.0 Å². The molecular weight excluding hydrogens is 260 g/mol. The summed E-state index contributed by atoms with van der Waals surface area (Å²) in [6.45, 7) is 1.82. The van der Waals surface area contributed by atoms with Crippen LogP contribution < -0.4 is 0 Å². The molecule has 0 N–H and O–H groups in total. The number of carbonyl (C=O) groups excluding carboxylic acids is 1. The highest BCUT2D eigenvalue weighted by molar-refractivity contribution is 7.90. The van der Waals surface area contributed by atoms with Crippen molar-refractivity contribution in [1.29, 1.82) is 0 Å². The van der Waals surface area contributed by atoms with Gasteiger partial charge in [-0.05, 0) is 37.1 Å². The van der Waals surface area contributed by atoms with Crippen LogP contribution in [0.15, 0.2) is 18.2 Å². The molecule has 1 rings (SSSR count). The van der Waals surface area contributed by atoms with Crippen molar-refractivity contribution >= 4 is 27.2 Å². The second-order valence-corrected chi connectivity index (χ2v) is 6.81. The molecule has 0 aliphatic rings. The zero-order valence-electron chi connectivity index (χ0n) is 9.86. The van der Waals surface area contributed by atoms with Gasteiger partial charge in [-0.1, -0.05) is 11.6 Å². The van der Waals surface area contributed by atoms with Gasteiger partial charge in [-0.2, -0.15) is 0 Å². The van der Waals surface area contributed by atoms with E-state index in [4.69, 9.17) is 11.6 Å². The first kappa shape index (κ1) is 14.2. The van der Waals surface area contributed by atoms with Crippen molar-refractivity contribution in [2.24, 2.45) is 0 Å². The second kappa shape index (κ2) is 5.65. The van der Waals surface area contributed by atoms with E-state index in [-0.39, 0.29) is 18.0 Å². The Kier molecular flexibility index (Phi) is 4.71. The van der Waals surface area contributed by atoms with Gasteiger partial charge in [-0.25, -0.2) is 8.42 Å². The molecule has 17 heavy (non-hydrogen) atoms. The number of sulfone groups is 1. The maximum absolute atomic E-state index is 11.8. The van der Waals surface area contributed by atoms with Gasteiger partial charge in [-0.3, -0.25) is 4.79 Å². The fourth-order valence-electron chi connectivity index (χ4n) is 1.57. The van der Waals surface area contributed by atoms with Gasteiger partial charge >= 0.3 is 0 Å². The molecule has 5 heteroatoms. The van der Waals surface area contributed by atoms with Crippen LogP contribution in [-0.4, -0.2) is 26.2 Å². The van der Waals surface area contributed by atoms with Crippen LogP contribution in [0.2, 0.25) is 5.02 Å². The summed E-state index contributed by atoms with van der Waals surface area (Å²) in [5.74, 6) is 0.00794. The SMILES string of the molecule is Cc1cc(Cl)ccc1C(=O)CCCS(C)(=O)=O. The van der Waals surface area contributed by atoms with E-state index in [1.807, 2.05) is 6.92 Å². The van der Waals surface area contributed by atoms with E-state index in [9.17, 15) is 13.2 Å². The van der Waals surface area contributed by atoms with Gasteiger partial charge in [0.25, 0.3) is 0 Å². The molecule has 94 valence electrons. The minimum Gasteiger partial charge on any atom is -0.294 e. The summed E-state index contributed by atoms with van der Waals surface area (Å²) in [7, 11) is -2.99. The first-order valence-electron chi connectivity index (χ1n) is 5.26. The maximum Gasteiger partial charge on any atom is 0.163 e. The van der Waals surface area contributed by atoms with E-state index in [2.05, 4.69) is 0 Å². The molecule has 0 saturated carbocycles. The molecule has 0 fully saturated rings. The fraction of sp³-hybridized carbons (Fsp3) is 0.417. The summed E-state index contributed by atoms with van der Waals surface area (Å²) >= 11 is 5.80. The third-order valence-corrected chi connectivity index (χ3v) is 3.67. The number of rotatable bonds is 5. The monoisotopic (exact) mass is 274 g/mol. The Hall–Kier alpha value is -0.870. The third-order valence-electron chi connectivity index (χ3n) is 2.41. The van der Waals surface area contributed by atoms with E-state index in [1.54, 1.807) is 18.2 Å². The quantitative estimate of drug-likeness (QED) is 0.776. The summed E-state index contributed by atoms with van der Waals surface area (Å²) in [6, 6.07) is 5.07. The molecule has 0 unspecified atom stereocenters. The minimum atomic E-state index is -2.99. The molecule has 0 aliphatic heterocycles. The first-order valence-corrected chi connectivity index (χ1v) is 7.70. The molecule has 0 aliphatic carbocycles. The van der Waals surface area contributed by atoms with E-state index in [1.165, 1.54) is 6.26 Å². The number of ketones is 1. The molecule has 0 bridgehead atoms. The Morgan fingerprint density at radius 2 is 2.00 bits per heavy atom. The summed E-state index contributed by atoms with van der Waals surface area (Å²) in [5.41, 5.74) is 1.43. The lowest BCUT2D eigenvalue weighted by atomic mass is 10.0. The molecule has 1 aromatic rings. The topological polar surface area (TPSA) is 51.2 Å². The zero-order valence-corrected chi connectivity index (χ0v) is 11.4.